The van der Waals surface area contributed by atoms with Crippen molar-refractivity contribution in [3.05, 3.63) is 84.0 Å². The Kier molecular flexibility index (Phi) is 13.2. The molecule has 0 unspecified atom stereocenters. The van der Waals surface area contributed by atoms with Gasteiger partial charge >= 0.3 is 0 Å². The van der Waals surface area contributed by atoms with Crippen LogP contribution in [0.1, 0.15) is 84.8 Å². The Hall–Kier alpha value is -5.47. The Morgan fingerprint density at radius 3 is 1.84 bits per heavy atom. The normalized spacial score (nSPS) is 17.0. The van der Waals surface area contributed by atoms with Crippen molar-refractivity contribution in [1.82, 2.24) is 29.1 Å². The quantitative estimate of drug-likeness (QED) is 0.0860. The van der Waals surface area contributed by atoms with Gasteiger partial charge in [0.1, 0.15) is 17.1 Å². The predicted octanol–water partition coefficient (Wildman–Crippen LogP) is 7.41. The molecule has 8 N–H and O–H groups in total. The van der Waals surface area contributed by atoms with E-state index >= 15 is 0 Å². The van der Waals surface area contributed by atoms with Crippen LogP contribution in [-0.4, -0.2) is 58.3 Å². The molecule has 17 nitrogen and oxygen atoms in total. The van der Waals surface area contributed by atoms with Crippen LogP contribution in [0.2, 0.25) is 5.28 Å². The molecule has 6 aromatic rings. The van der Waals surface area contributed by atoms with Gasteiger partial charge in [-0.25, -0.2) is 37.1 Å². The van der Waals surface area contributed by atoms with Crippen LogP contribution >= 0.6 is 11.6 Å². The summed E-state index contributed by atoms with van der Waals surface area (Å²) in [6.07, 6.45) is 19.5. The van der Waals surface area contributed by atoms with Crippen LogP contribution in [-0.2, 0) is 37.7 Å². The first-order valence-corrected chi connectivity index (χ1v) is 22.7. The Morgan fingerprint density at radius 1 is 0.689 bits per heavy atom. The third-order valence-electron chi connectivity index (χ3n) is 11.2. The largest absolute Gasteiger partial charge is 0.399 e. The smallest absolute Gasteiger partial charge is 0.238 e. The molecule has 0 atom stereocenters. The number of halogens is 1. The van der Waals surface area contributed by atoms with Crippen molar-refractivity contribution in [2.24, 2.45) is 20.4 Å². The van der Waals surface area contributed by atoms with Crippen molar-refractivity contribution in [3.8, 4) is 0 Å². The van der Waals surface area contributed by atoms with Gasteiger partial charge in [-0.3, -0.25) is 15.0 Å². The third kappa shape index (κ3) is 9.40. The Labute approximate surface area is 361 Å². The molecule has 0 bridgehead atoms. The Morgan fingerprint density at radius 2 is 1.23 bits per heavy atom. The zero-order valence-electron chi connectivity index (χ0n) is 32.0. The summed E-state index contributed by atoms with van der Waals surface area (Å²) in [4.78, 5) is 22.5. The summed E-state index contributed by atoms with van der Waals surface area (Å²) in [5.74, 6) is 1.45. The van der Waals surface area contributed by atoms with Gasteiger partial charge in [-0.1, -0.05) is 53.4 Å². The first kappa shape index (κ1) is 45.1. The van der Waals surface area contributed by atoms with Crippen LogP contribution in [0.4, 0.5) is 23.1 Å². The van der Waals surface area contributed by atoms with E-state index in [0.29, 0.717) is 29.2 Å². The van der Waals surface area contributed by atoms with Gasteiger partial charge < -0.3 is 15.6 Å². The summed E-state index contributed by atoms with van der Waals surface area (Å²) in [6, 6.07) is 16.1. The lowest BCUT2D eigenvalue weighted by atomic mass is 9.81. The minimum Gasteiger partial charge on any atom is -0.399 e. The number of hydrogen-bond donors (Lipinski definition) is 5. The summed E-state index contributed by atoms with van der Waals surface area (Å²) in [5, 5.41) is 19.8. The standard InChI is InChI=1S/C20H22N6O2S.C13H14ClN5.C6H8N2O2S.2CH4/c21-29(27,28)17-6-4-15(5-7-17)24-19-23-11-14-10-16-12-22-13-20(8-2-1-3-9-20)26(16)18(14)25-19;14-12-15-7-9-6-10-18-16-8-13(4-2-1-3-5-13)19(10)11(9)17-12;7-5-1-3-6(4-2-5)11(8,9)10;;/h4-7,10-11,13H,1-3,8-9,12H2,(H2,21,27,28)(H,23,24,25);6-8,18H,1-5H2;1-4H,7H2,(H2,8,9,10);2*1H4. The zero-order chi connectivity index (χ0) is 41.4. The molecule has 2 fully saturated rings. The highest BCUT2D eigenvalue weighted by molar-refractivity contribution is 7.89. The van der Waals surface area contributed by atoms with E-state index in [4.69, 9.17) is 32.6 Å². The van der Waals surface area contributed by atoms with Crippen molar-refractivity contribution in [1.29, 1.82) is 0 Å². The lowest BCUT2D eigenvalue weighted by Crippen LogP contribution is -2.40. The number of fused-ring (bicyclic) bond motifs is 8. The lowest BCUT2D eigenvalue weighted by Gasteiger charge is -2.39. The highest BCUT2D eigenvalue weighted by Crippen LogP contribution is 2.42. The monoisotopic (exact) mass is 889 g/mol. The molecule has 2 aliphatic heterocycles. The fourth-order valence-corrected chi connectivity index (χ4v) is 9.57. The minimum absolute atomic E-state index is 0. The number of nitrogens with zero attached hydrogens (tertiary/aromatic N) is 8. The van der Waals surface area contributed by atoms with Gasteiger partial charge in [-0.15, -0.1) is 0 Å². The van der Waals surface area contributed by atoms with Crippen LogP contribution in [0.25, 0.3) is 22.1 Å². The van der Waals surface area contributed by atoms with E-state index < -0.39 is 20.0 Å². The molecule has 2 spiro atoms. The van der Waals surface area contributed by atoms with E-state index in [-0.39, 0.29) is 35.7 Å². The van der Waals surface area contributed by atoms with Crippen molar-refractivity contribution in [2.45, 2.75) is 106 Å². The van der Waals surface area contributed by atoms with Crippen LogP contribution in [0, 0.1) is 0 Å². The number of anilines is 4. The van der Waals surface area contributed by atoms with Gasteiger partial charge in [0.15, 0.2) is 0 Å². The van der Waals surface area contributed by atoms with Gasteiger partial charge in [0.25, 0.3) is 0 Å². The number of rotatable bonds is 4. The first-order chi connectivity index (χ1) is 28.2. The second kappa shape index (κ2) is 17.9. The third-order valence-corrected chi connectivity index (χ3v) is 13.2. The molecule has 324 valence electrons. The molecule has 2 aromatic carbocycles. The molecular formula is C41H52ClN13O4S2. The lowest BCUT2D eigenvalue weighted by molar-refractivity contribution is 0.282. The topological polar surface area (TPSA) is 257 Å². The molecule has 20 heteroatoms. The van der Waals surface area contributed by atoms with E-state index in [1.165, 1.54) is 80.6 Å². The number of hydrazone groups is 1. The molecule has 4 aromatic heterocycles. The van der Waals surface area contributed by atoms with Gasteiger partial charge in [0.2, 0.25) is 31.3 Å². The number of aromatic nitrogens is 6. The Bertz CT molecular complexity index is 2790. The molecule has 0 amide bonds. The van der Waals surface area contributed by atoms with Crippen LogP contribution in [0.5, 0.6) is 0 Å². The van der Waals surface area contributed by atoms with Gasteiger partial charge in [0.05, 0.1) is 33.6 Å². The number of aliphatic imine (C=N–C) groups is 1. The van der Waals surface area contributed by atoms with E-state index in [1.807, 2.05) is 18.5 Å². The van der Waals surface area contributed by atoms with Crippen LogP contribution < -0.4 is 26.8 Å². The molecule has 4 aliphatic rings. The minimum atomic E-state index is -3.71. The molecular weight excluding hydrogens is 838 g/mol. The van der Waals surface area contributed by atoms with Crippen LogP contribution in [0.15, 0.2) is 92.9 Å². The van der Waals surface area contributed by atoms with Crippen molar-refractivity contribution >= 4 is 89.3 Å². The second-order valence-corrected chi connectivity index (χ2v) is 18.7. The number of sulfonamides is 2. The summed E-state index contributed by atoms with van der Waals surface area (Å²) >= 11 is 5.96. The average molecular weight is 891 g/mol. The van der Waals surface area contributed by atoms with Gasteiger partial charge in [-0.2, -0.15) is 15.1 Å². The fraction of sp³-hybridized carbons (Fsp3) is 0.366. The maximum Gasteiger partial charge on any atom is 0.238 e. The average Bonchev–Trinajstić information content (AvgIpc) is 3.78. The number of nitrogens with two attached hydrogens (primary N) is 3. The van der Waals surface area contributed by atoms with Crippen molar-refractivity contribution < 1.29 is 16.8 Å². The predicted molar refractivity (Wildman–Crippen MR) is 243 cm³/mol. The second-order valence-electron chi connectivity index (χ2n) is 15.2. The fourth-order valence-electron chi connectivity index (χ4n) is 8.41. The van der Waals surface area contributed by atoms with E-state index in [1.54, 1.807) is 18.3 Å². The van der Waals surface area contributed by atoms with E-state index in [0.717, 1.165) is 53.6 Å². The number of hydrogen-bond acceptors (Lipinski definition) is 13. The highest BCUT2D eigenvalue weighted by Gasteiger charge is 2.38. The molecule has 2 aliphatic carbocycles. The first-order valence-electron chi connectivity index (χ1n) is 19.2. The summed E-state index contributed by atoms with van der Waals surface area (Å²) < 4.78 is 48.8. The summed E-state index contributed by atoms with van der Waals surface area (Å²) in [6.45, 7) is 0.663. The zero-order valence-corrected chi connectivity index (χ0v) is 34.4. The van der Waals surface area contributed by atoms with E-state index in [2.05, 4.69) is 57.2 Å². The molecule has 0 saturated heterocycles. The molecule has 6 heterocycles. The number of benzene rings is 2. The summed E-state index contributed by atoms with van der Waals surface area (Å²) in [5.41, 5.74) is 12.5. The maximum atomic E-state index is 11.4. The molecule has 2 saturated carbocycles. The van der Waals surface area contributed by atoms with Crippen molar-refractivity contribution in [2.75, 3.05) is 16.5 Å². The van der Waals surface area contributed by atoms with Gasteiger partial charge in [-0.05, 0) is 97.9 Å². The molecule has 61 heavy (non-hydrogen) atoms. The van der Waals surface area contributed by atoms with E-state index in [9.17, 15) is 16.8 Å². The SMILES string of the molecule is C.C.Clc1ncc2cc3n(c2n1)C1(C=NN3)CCCCC1.NS(=O)(=O)c1ccc(Nc2ncc3cc4n(c3n2)C2(C=NC4)CCCCC2)cc1.Nc1ccc(S(N)(=O)=O)cc1. The van der Waals surface area contributed by atoms with Crippen molar-refractivity contribution in [3.63, 3.8) is 0 Å². The number of primary sulfonamides is 2. The van der Waals surface area contributed by atoms with Gasteiger partial charge in [0, 0.05) is 46.4 Å². The Balaban J connectivity index is 0.000000167. The van der Waals surface area contributed by atoms with Crippen LogP contribution in [0.3, 0.4) is 0 Å². The highest BCUT2D eigenvalue weighted by atomic mass is 35.5. The molecule has 0 radical (unpaired) electrons. The maximum absolute atomic E-state index is 11.4. The number of nitrogens with one attached hydrogen (secondary N) is 2. The summed E-state index contributed by atoms with van der Waals surface area (Å²) in [7, 11) is -7.29. The molecule has 10 rings (SSSR count). The number of nitrogen functional groups attached to an aromatic ring is 1.